The molecule has 0 bridgehead atoms. The van der Waals surface area contributed by atoms with Gasteiger partial charge in [0.1, 0.15) is 18.1 Å². The SMILES string of the molecule is CCNC(=NCc1nc(C)c(C)o1)NCC1(c2cccc(F)c2)CCOCC1.I. The van der Waals surface area contributed by atoms with Crippen LogP contribution in [0.5, 0.6) is 0 Å². The lowest BCUT2D eigenvalue weighted by molar-refractivity contribution is 0.0513. The zero-order chi connectivity index (χ0) is 20.0. The molecule has 1 aromatic heterocycles. The molecule has 1 aliphatic heterocycles. The van der Waals surface area contributed by atoms with Crippen LogP contribution in [0.2, 0.25) is 0 Å². The second-order valence-electron chi connectivity index (χ2n) is 7.20. The van der Waals surface area contributed by atoms with Gasteiger partial charge in [-0.15, -0.1) is 24.0 Å². The Hall–Kier alpha value is -1.68. The minimum absolute atomic E-state index is 0. The topological polar surface area (TPSA) is 71.7 Å². The van der Waals surface area contributed by atoms with Crippen LogP contribution in [0.15, 0.2) is 33.7 Å². The van der Waals surface area contributed by atoms with Gasteiger partial charge in [-0.25, -0.2) is 14.4 Å². The molecule has 0 atom stereocenters. The fourth-order valence-electron chi connectivity index (χ4n) is 3.50. The number of nitrogens with one attached hydrogen (secondary N) is 2. The largest absolute Gasteiger partial charge is 0.444 e. The van der Waals surface area contributed by atoms with E-state index in [2.05, 4.69) is 20.6 Å². The quantitative estimate of drug-likeness (QED) is 0.347. The Labute approximate surface area is 188 Å². The monoisotopic (exact) mass is 516 g/mol. The Morgan fingerprint density at radius 3 is 2.62 bits per heavy atom. The molecule has 1 aliphatic rings. The van der Waals surface area contributed by atoms with E-state index in [1.165, 1.54) is 6.07 Å². The fraction of sp³-hybridized carbons (Fsp3) is 0.524. The van der Waals surface area contributed by atoms with Gasteiger partial charge in [0.05, 0.1) is 5.69 Å². The maximum absolute atomic E-state index is 13.8. The number of benzene rings is 1. The van der Waals surface area contributed by atoms with Crippen LogP contribution in [0.4, 0.5) is 4.39 Å². The van der Waals surface area contributed by atoms with Crippen molar-refractivity contribution in [2.45, 2.75) is 45.6 Å². The lowest BCUT2D eigenvalue weighted by Gasteiger charge is -2.38. The smallest absolute Gasteiger partial charge is 0.216 e. The van der Waals surface area contributed by atoms with Gasteiger partial charge in [0.15, 0.2) is 5.96 Å². The zero-order valence-corrected chi connectivity index (χ0v) is 19.6. The van der Waals surface area contributed by atoms with Crippen molar-refractivity contribution in [2.24, 2.45) is 4.99 Å². The number of ether oxygens (including phenoxy) is 1. The van der Waals surface area contributed by atoms with Crippen molar-refractivity contribution in [3.05, 3.63) is 53.0 Å². The predicted molar refractivity (Wildman–Crippen MR) is 122 cm³/mol. The molecule has 0 amide bonds. The Bertz CT molecular complexity index is 799. The molecule has 160 valence electrons. The van der Waals surface area contributed by atoms with Gasteiger partial charge in [-0.2, -0.15) is 0 Å². The maximum Gasteiger partial charge on any atom is 0.216 e. The molecule has 8 heteroatoms. The number of aryl methyl sites for hydroxylation is 2. The summed E-state index contributed by atoms with van der Waals surface area (Å²) in [5.74, 6) is 1.89. The summed E-state index contributed by atoms with van der Waals surface area (Å²) in [6.45, 7) is 8.92. The van der Waals surface area contributed by atoms with Crippen LogP contribution in [0.3, 0.4) is 0 Å². The molecule has 2 N–H and O–H groups in total. The van der Waals surface area contributed by atoms with E-state index in [1.54, 1.807) is 12.1 Å². The molecule has 0 aliphatic carbocycles. The van der Waals surface area contributed by atoms with Gasteiger partial charge >= 0.3 is 0 Å². The van der Waals surface area contributed by atoms with Gasteiger partial charge in [-0.1, -0.05) is 12.1 Å². The van der Waals surface area contributed by atoms with Crippen LogP contribution < -0.4 is 10.6 Å². The Morgan fingerprint density at radius 2 is 2.00 bits per heavy atom. The normalized spacial score (nSPS) is 16.2. The van der Waals surface area contributed by atoms with Crippen molar-refractivity contribution < 1.29 is 13.5 Å². The highest BCUT2D eigenvalue weighted by atomic mass is 127. The average molecular weight is 516 g/mol. The summed E-state index contributed by atoms with van der Waals surface area (Å²) in [5, 5.41) is 6.69. The third-order valence-electron chi connectivity index (χ3n) is 5.27. The highest BCUT2D eigenvalue weighted by Gasteiger charge is 2.35. The summed E-state index contributed by atoms with van der Waals surface area (Å²) in [4.78, 5) is 8.97. The van der Waals surface area contributed by atoms with Crippen LogP contribution in [-0.2, 0) is 16.7 Å². The first kappa shape index (κ1) is 23.6. The number of nitrogens with zero attached hydrogens (tertiary/aromatic N) is 2. The van der Waals surface area contributed by atoms with Crippen molar-refractivity contribution in [1.29, 1.82) is 0 Å². The van der Waals surface area contributed by atoms with Gasteiger partial charge < -0.3 is 19.8 Å². The molecule has 1 fully saturated rings. The van der Waals surface area contributed by atoms with Gasteiger partial charge in [-0.05, 0) is 51.3 Å². The Balaban J connectivity index is 0.00000300. The number of rotatable bonds is 6. The molecule has 6 nitrogen and oxygen atoms in total. The number of aliphatic imine (C=N–C) groups is 1. The van der Waals surface area contributed by atoms with E-state index in [0.29, 0.717) is 38.2 Å². The molecule has 1 saturated heterocycles. The van der Waals surface area contributed by atoms with E-state index in [-0.39, 0.29) is 35.2 Å². The number of guanidine groups is 1. The number of aromatic nitrogens is 1. The van der Waals surface area contributed by atoms with Crippen LogP contribution in [0.1, 0.15) is 42.7 Å². The number of hydrogen-bond donors (Lipinski definition) is 2. The van der Waals surface area contributed by atoms with Gasteiger partial charge in [0.2, 0.25) is 5.89 Å². The molecule has 0 unspecified atom stereocenters. The minimum Gasteiger partial charge on any atom is -0.444 e. The second-order valence-corrected chi connectivity index (χ2v) is 7.20. The average Bonchev–Trinajstić information content (AvgIpc) is 3.02. The zero-order valence-electron chi connectivity index (χ0n) is 17.3. The minimum atomic E-state index is -0.210. The van der Waals surface area contributed by atoms with Crippen molar-refractivity contribution in [3.63, 3.8) is 0 Å². The summed E-state index contributed by atoms with van der Waals surface area (Å²) in [6.07, 6.45) is 1.67. The predicted octanol–water partition coefficient (Wildman–Crippen LogP) is 3.85. The fourth-order valence-corrected chi connectivity index (χ4v) is 3.50. The van der Waals surface area contributed by atoms with Crippen molar-refractivity contribution in [2.75, 3.05) is 26.3 Å². The van der Waals surface area contributed by atoms with E-state index in [1.807, 2.05) is 26.8 Å². The molecule has 0 spiro atoms. The molecule has 1 aromatic carbocycles. The van der Waals surface area contributed by atoms with Crippen LogP contribution >= 0.6 is 24.0 Å². The maximum atomic E-state index is 13.8. The molecule has 0 radical (unpaired) electrons. The highest BCUT2D eigenvalue weighted by Crippen LogP contribution is 2.34. The van der Waals surface area contributed by atoms with Crippen LogP contribution in [0, 0.1) is 19.7 Å². The summed E-state index contributed by atoms with van der Waals surface area (Å²) in [6, 6.07) is 6.89. The van der Waals surface area contributed by atoms with Crippen molar-refractivity contribution in [3.8, 4) is 0 Å². The first-order valence-corrected chi connectivity index (χ1v) is 9.81. The van der Waals surface area contributed by atoms with Gasteiger partial charge in [0.25, 0.3) is 0 Å². The number of oxazole rings is 1. The van der Waals surface area contributed by atoms with E-state index in [4.69, 9.17) is 9.15 Å². The molecule has 29 heavy (non-hydrogen) atoms. The molecule has 2 heterocycles. The third kappa shape index (κ3) is 6.15. The van der Waals surface area contributed by atoms with Crippen molar-refractivity contribution >= 4 is 29.9 Å². The number of hydrogen-bond acceptors (Lipinski definition) is 4. The van der Waals surface area contributed by atoms with Gasteiger partial charge in [0, 0.05) is 31.7 Å². The third-order valence-corrected chi connectivity index (χ3v) is 5.27. The van der Waals surface area contributed by atoms with Crippen molar-refractivity contribution in [1.82, 2.24) is 15.6 Å². The highest BCUT2D eigenvalue weighted by molar-refractivity contribution is 14.0. The van der Waals surface area contributed by atoms with E-state index < -0.39 is 0 Å². The first-order chi connectivity index (χ1) is 13.5. The van der Waals surface area contributed by atoms with E-state index >= 15 is 0 Å². The summed E-state index contributed by atoms with van der Waals surface area (Å²) < 4.78 is 25.0. The van der Waals surface area contributed by atoms with E-state index in [0.717, 1.165) is 36.4 Å². The lowest BCUT2D eigenvalue weighted by Crippen LogP contribution is -2.48. The summed E-state index contributed by atoms with van der Waals surface area (Å²) in [7, 11) is 0. The lowest BCUT2D eigenvalue weighted by atomic mass is 9.74. The molecule has 3 rings (SSSR count). The van der Waals surface area contributed by atoms with Crippen LogP contribution in [-0.4, -0.2) is 37.2 Å². The Kier molecular flexibility index (Phi) is 8.88. The molecule has 2 aromatic rings. The first-order valence-electron chi connectivity index (χ1n) is 9.81. The molecular weight excluding hydrogens is 486 g/mol. The van der Waals surface area contributed by atoms with E-state index in [9.17, 15) is 4.39 Å². The Morgan fingerprint density at radius 1 is 1.24 bits per heavy atom. The second kappa shape index (κ2) is 10.9. The van der Waals surface area contributed by atoms with Crippen LogP contribution in [0.25, 0.3) is 0 Å². The summed E-state index contributed by atoms with van der Waals surface area (Å²) >= 11 is 0. The van der Waals surface area contributed by atoms with Gasteiger partial charge in [-0.3, -0.25) is 0 Å². The standard InChI is InChI=1S/C21H29FN4O2.HI/c1-4-23-20(24-13-19-26-15(2)16(3)28-19)25-14-21(8-10-27-11-9-21)17-6-5-7-18(22)12-17;/h5-7,12H,4,8-11,13-14H2,1-3H3,(H2,23,24,25);1H. The molecule has 0 saturated carbocycles. The summed E-state index contributed by atoms with van der Waals surface area (Å²) in [5.41, 5.74) is 1.70. The number of halogens is 2. The molecular formula is C21H30FIN4O2.